The number of aromatic nitrogens is 3. The SMILES string of the molecule is CNc1cc(-c2noc(C(C)OC(N)=O)n2)ccn1. The van der Waals surface area contributed by atoms with Gasteiger partial charge in [-0.3, -0.25) is 0 Å². The van der Waals surface area contributed by atoms with Crippen molar-refractivity contribution in [3.63, 3.8) is 0 Å². The maximum atomic E-state index is 10.6. The lowest BCUT2D eigenvalue weighted by atomic mass is 10.2. The fourth-order valence-corrected chi connectivity index (χ4v) is 1.45. The van der Waals surface area contributed by atoms with Crippen molar-refractivity contribution in [2.24, 2.45) is 5.73 Å². The molecule has 3 N–H and O–H groups in total. The number of nitrogens with zero attached hydrogens (tertiary/aromatic N) is 3. The Labute approximate surface area is 109 Å². The predicted molar refractivity (Wildman–Crippen MR) is 66.2 cm³/mol. The molecular formula is C11H13N5O3. The van der Waals surface area contributed by atoms with Gasteiger partial charge in [0.05, 0.1) is 0 Å². The molecule has 2 heterocycles. The van der Waals surface area contributed by atoms with Gasteiger partial charge in [0.15, 0.2) is 6.10 Å². The smallest absolute Gasteiger partial charge is 0.405 e. The average molecular weight is 263 g/mol. The van der Waals surface area contributed by atoms with E-state index in [1.165, 1.54) is 0 Å². The number of hydrogen-bond donors (Lipinski definition) is 2. The number of hydrogen-bond acceptors (Lipinski definition) is 7. The lowest BCUT2D eigenvalue weighted by Crippen LogP contribution is -2.15. The Balaban J connectivity index is 2.22. The molecule has 2 aromatic heterocycles. The van der Waals surface area contributed by atoms with E-state index in [9.17, 15) is 4.79 Å². The van der Waals surface area contributed by atoms with Crippen LogP contribution in [-0.2, 0) is 4.74 Å². The van der Waals surface area contributed by atoms with Crippen molar-refractivity contribution in [3.8, 4) is 11.4 Å². The zero-order valence-corrected chi connectivity index (χ0v) is 10.5. The minimum atomic E-state index is -0.895. The Bertz CT molecular complexity index is 583. The molecule has 1 unspecified atom stereocenters. The highest BCUT2D eigenvalue weighted by atomic mass is 16.6. The molecule has 0 aliphatic rings. The number of nitrogens with one attached hydrogen (secondary N) is 1. The molecule has 2 rings (SSSR count). The maximum absolute atomic E-state index is 10.6. The fourth-order valence-electron chi connectivity index (χ4n) is 1.45. The maximum Gasteiger partial charge on any atom is 0.405 e. The molecule has 19 heavy (non-hydrogen) atoms. The number of nitrogens with two attached hydrogens (primary N) is 1. The summed E-state index contributed by atoms with van der Waals surface area (Å²) in [5.41, 5.74) is 5.66. The number of amides is 1. The topological polar surface area (TPSA) is 116 Å². The third kappa shape index (κ3) is 2.97. The first-order valence-corrected chi connectivity index (χ1v) is 5.54. The minimum Gasteiger partial charge on any atom is -0.437 e. The summed E-state index contributed by atoms with van der Waals surface area (Å²) in [6, 6.07) is 3.52. The van der Waals surface area contributed by atoms with Gasteiger partial charge in [0.2, 0.25) is 5.82 Å². The fraction of sp³-hybridized carbons (Fsp3) is 0.273. The molecule has 0 aliphatic carbocycles. The van der Waals surface area contributed by atoms with E-state index in [4.69, 9.17) is 15.0 Å². The molecule has 0 aromatic carbocycles. The largest absolute Gasteiger partial charge is 0.437 e. The number of carbonyl (C=O) groups excluding carboxylic acids is 1. The molecular weight excluding hydrogens is 250 g/mol. The van der Waals surface area contributed by atoms with Crippen LogP contribution >= 0.6 is 0 Å². The van der Waals surface area contributed by atoms with Crippen molar-refractivity contribution in [1.29, 1.82) is 0 Å². The Kier molecular flexibility index (Phi) is 3.60. The Morgan fingerprint density at radius 3 is 3.05 bits per heavy atom. The summed E-state index contributed by atoms with van der Waals surface area (Å²) in [7, 11) is 1.76. The summed E-state index contributed by atoms with van der Waals surface area (Å²) >= 11 is 0. The molecule has 0 spiro atoms. The van der Waals surface area contributed by atoms with Crippen LogP contribution in [0.25, 0.3) is 11.4 Å². The van der Waals surface area contributed by atoms with Crippen LogP contribution in [0.15, 0.2) is 22.9 Å². The molecule has 0 radical (unpaired) electrons. The molecule has 0 saturated carbocycles. The van der Waals surface area contributed by atoms with Crippen LogP contribution in [0.2, 0.25) is 0 Å². The van der Waals surface area contributed by atoms with Gasteiger partial charge in [-0.05, 0) is 19.1 Å². The van der Waals surface area contributed by atoms with Crippen molar-refractivity contribution in [2.45, 2.75) is 13.0 Å². The van der Waals surface area contributed by atoms with Gasteiger partial charge in [-0.15, -0.1) is 0 Å². The van der Waals surface area contributed by atoms with Crippen molar-refractivity contribution < 1.29 is 14.1 Å². The molecule has 2 aromatic rings. The molecule has 100 valence electrons. The first kappa shape index (κ1) is 12.8. The van der Waals surface area contributed by atoms with Crippen LogP contribution in [0.4, 0.5) is 10.6 Å². The lowest BCUT2D eigenvalue weighted by Gasteiger charge is -2.04. The third-order valence-corrected chi connectivity index (χ3v) is 2.36. The minimum absolute atomic E-state index is 0.177. The molecule has 8 heteroatoms. The molecule has 0 saturated heterocycles. The van der Waals surface area contributed by atoms with Crippen LogP contribution in [0, 0.1) is 0 Å². The van der Waals surface area contributed by atoms with Crippen LogP contribution in [0.5, 0.6) is 0 Å². The van der Waals surface area contributed by atoms with Crippen LogP contribution in [0.3, 0.4) is 0 Å². The molecule has 1 amide bonds. The van der Waals surface area contributed by atoms with Crippen molar-refractivity contribution in [3.05, 3.63) is 24.2 Å². The van der Waals surface area contributed by atoms with Gasteiger partial charge in [0.25, 0.3) is 5.89 Å². The summed E-state index contributed by atoms with van der Waals surface area (Å²) in [4.78, 5) is 18.9. The third-order valence-electron chi connectivity index (χ3n) is 2.36. The first-order chi connectivity index (χ1) is 9.10. The average Bonchev–Trinajstić information content (AvgIpc) is 2.88. The van der Waals surface area contributed by atoms with Crippen molar-refractivity contribution in [1.82, 2.24) is 15.1 Å². The predicted octanol–water partition coefficient (Wildman–Crippen LogP) is 1.33. The second kappa shape index (κ2) is 5.34. The molecule has 0 fully saturated rings. The van der Waals surface area contributed by atoms with E-state index < -0.39 is 12.2 Å². The van der Waals surface area contributed by atoms with E-state index in [-0.39, 0.29) is 5.89 Å². The van der Waals surface area contributed by atoms with Crippen LogP contribution in [-0.4, -0.2) is 28.3 Å². The van der Waals surface area contributed by atoms with E-state index in [1.54, 1.807) is 32.3 Å². The monoisotopic (exact) mass is 263 g/mol. The number of carbonyl (C=O) groups is 1. The highest BCUT2D eigenvalue weighted by Gasteiger charge is 2.18. The molecule has 8 nitrogen and oxygen atoms in total. The van der Waals surface area contributed by atoms with Crippen molar-refractivity contribution >= 4 is 11.9 Å². The Morgan fingerprint density at radius 1 is 1.58 bits per heavy atom. The zero-order valence-electron chi connectivity index (χ0n) is 10.5. The first-order valence-electron chi connectivity index (χ1n) is 5.54. The van der Waals surface area contributed by atoms with E-state index in [0.717, 1.165) is 5.56 Å². The number of primary amides is 1. The van der Waals surface area contributed by atoms with Gasteiger partial charge in [0.1, 0.15) is 5.82 Å². The number of anilines is 1. The zero-order chi connectivity index (χ0) is 13.8. The van der Waals surface area contributed by atoms with E-state index in [0.29, 0.717) is 11.6 Å². The Morgan fingerprint density at radius 2 is 2.37 bits per heavy atom. The highest BCUT2D eigenvalue weighted by Crippen LogP contribution is 2.21. The summed E-state index contributed by atoms with van der Waals surface area (Å²) in [6.07, 6.45) is 0.0403. The number of ether oxygens (including phenoxy) is 1. The standard InChI is InChI=1S/C11H13N5O3/c1-6(18-11(12)17)10-15-9(16-19-10)7-3-4-14-8(5-7)13-2/h3-6H,1-2H3,(H2,12,17)(H,13,14). The number of pyridine rings is 1. The van der Waals surface area contributed by atoms with Gasteiger partial charge >= 0.3 is 6.09 Å². The quantitative estimate of drug-likeness (QED) is 0.854. The van der Waals surface area contributed by atoms with Gasteiger partial charge in [0, 0.05) is 18.8 Å². The molecule has 0 aliphatic heterocycles. The lowest BCUT2D eigenvalue weighted by molar-refractivity contribution is 0.0959. The normalized spacial score (nSPS) is 11.9. The second-order valence-corrected chi connectivity index (χ2v) is 3.72. The van der Waals surface area contributed by atoms with E-state index >= 15 is 0 Å². The second-order valence-electron chi connectivity index (χ2n) is 3.72. The van der Waals surface area contributed by atoms with Gasteiger partial charge in [-0.1, -0.05) is 5.16 Å². The Hall–Kier alpha value is -2.64. The summed E-state index contributed by atoms with van der Waals surface area (Å²) in [5, 5.41) is 6.73. The summed E-state index contributed by atoms with van der Waals surface area (Å²) < 4.78 is 9.77. The van der Waals surface area contributed by atoms with Crippen LogP contribution < -0.4 is 11.1 Å². The van der Waals surface area contributed by atoms with E-state index in [2.05, 4.69) is 20.4 Å². The van der Waals surface area contributed by atoms with Gasteiger partial charge in [-0.2, -0.15) is 4.98 Å². The molecule has 0 bridgehead atoms. The van der Waals surface area contributed by atoms with Gasteiger partial charge < -0.3 is 20.3 Å². The van der Waals surface area contributed by atoms with E-state index in [1.807, 2.05) is 0 Å². The van der Waals surface area contributed by atoms with Crippen molar-refractivity contribution in [2.75, 3.05) is 12.4 Å². The summed E-state index contributed by atoms with van der Waals surface area (Å²) in [5.74, 6) is 1.25. The summed E-state index contributed by atoms with van der Waals surface area (Å²) in [6.45, 7) is 1.59. The number of rotatable bonds is 4. The van der Waals surface area contributed by atoms with Gasteiger partial charge in [-0.25, -0.2) is 9.78 Å². The molecule has 1 atom stereocenters. The van der Waals surface area contributed by atoms with Crippen LogP contribution in [0.1, 0.15) is 18.9 Å². The highest BCUT2D eigenvalue weighted by molar-refractivity contribution is 5.65.